The van der Waals surface area contributed by atoms with Crippen LogP contribution in [0.4, 0.5) is 4.39 Å². The predicted octanol–water partition coefficient (Wildman–Crippen LogP) is 3.24. The molecule has 0 amide bonds. The molecule has 2 atom stereocenters. The zero-order valence-corrected chi connectivity index (χ0v) is 11.2. The summed E-state index contributed by atoms with van der Waals surface area (Å²) in [6.07, 6.45) is 1.00. The molecule has 0 saturated heterocycles. The summed E-state index contributed by atoms with van der Waals surface area (Å²) in [5, 5.41) is 0. The molecule has 1 heterocycles. The van der Waals surface area contributed by atoms with E-state index in [9.17, 15) is 4.39 Å². The van der Waals surface area contributed by atoms with Gasteiger partial charge in [-0.2, -0.15) is 0 Å². The summed E-state index contributed by atoms with van der Waals surface area (Å²) in [6, 6.07) is 4.60. The summed E-state index contributed by atoms with van der Waals surface area (Å²) < 4.78 is 15.3. The molecule has 0 aliphatic rings. The highest BCUT2D eigenvalue weighted by atomic mass is 19.1. The fourth-order valence-corrected chi connectivity index (χ4v) is 2.22. The van der Waals surface area contributed by atoms with Crippen LogP contribution in [0.3, 0.4) is 0 Å². The Balaban J connectivity index is 2.56. The summed E-state index contributed by atoms with van der Waals surface area (Å²) in [5.41, 5.74) is 7.89. The first-order valence-corrected chi connectivity index (χ1v) is 6.49. The molecule has 1 aromatic heterocycles. The van der Waals surface area contributed by atoms with Gasteiger partial charge in [-0.25, -0.2) is 9.37 Å². The number of aromatic nitrogens is 2. The second-order valence-electron chi connectivity index (χ2n) is 4.76. The highest BCUT2D eigenvalue weighted by Gasteiger charge is 2.20. The monoisotopic (exact) mass is 249 g/mol. The van der Waals surface area contributed by atoms with Gasteiger partial charge in [0.25, 0.3) is 0 Å². The normalized spacial score (nSPS) is 14.9. The molecule has 2 N–H and O–H groups in total. The van der Waals surface area contributed by atoms with E-state index in [1.165, 1.54) is 12.1 Å². The highest BCUT2D eigenvalue weighted by molar-refractivity contribution is 5.76. The van der Waals surface area contributed by atoms with E-state index in [2.05, 4.69) is 30.3 Å². The summed E-state index contributed by atoms with van der Waals surface area (Å²) >= 11 is 0. The average molecular weight is 249 g/mol. The van der Waals surface area contributed by atoms with Crippen molar-refractivity contribution in [2.24, 2.45) is 11.7 Å². The Labute approximate surface area is 107 Å². The van der Waals surface area contributed by atoms with Crippen molar-refractivity contribution >= 4 is 11.0 Å². The zero-order chi connectivity index (χ0) is 13.3. The second kappa shape index (κ2) is 5.06. The van der Waals surface area contributed by atoms with Gasteiger partial charge < -0.3 is 10.3 Å². The molecule has 2 rings (SSSR count). The third-order valence-corrected chi connectivity index (χ3v) is 3.61. The highest BCUT2D eigenvalue weighted by Crippen LogP contribution is 2.25. The Hall–Kier alpha value is -1.42. The molecule has 18 heavy (non-hydrogen) atoms. The predicted molar refractivity (Wildman–Crippen MR) is 71.7 cm³/mol. The molecule has 98 valence electrons. The third kappa shape index (κ3) is 2.12. The maximum Gasteiger partial charge on any atom is 0.127 e. The lowest BCUT2D eigenvalue weighted by atomic mass is 9.99. The summed E-state index contributed by atoms with van der Waals surface area (Å²) in [7, 11) is 0. The lowest BCUT2D eigenvalue weighted by molar-refractivity contribution is 0.427. The van der Waals surface area contributed by atoms with E-state index in [0.29, 0.717) is 11.4 Å². The average Bonchev–Trinajstić information content (AvgIpc) is 2.74. The van der Waals surface area contributed by atoms with Crippen molar-refractivity contribution in [1.82, 2.24) is 9.55 Å². The van der Waals surface area contributed by atoms with Crippen LogP contribution in [-0.4, -0.2) is 9.55 Å². The zero-order valence-electron chi connectivity index (χ0n) is 11.2. The van der Waals surface area contributed by atoms with Crippen molar-refractivity contribution < 1.29 is 4.39 Å². The molecule has 0 fully saturated rings. The van der Waals surface area contributed by atoms with Gasteiger partial charge in [0, 0.05) is 12.6 Å². The van der Waals surface area contributed by atoms with Crippen LogP contribution in [0.25, 0.3) is 11.0 Å². The van der Waals surface area contributed by atoms with Gasteiger partial charge in [-0.1, -0.05) is 20.3 Å². The van der Waals surface area contributed by atoms with Crippen LogP contribution in [0.15, 0.2) is 18.2 Å². The molecule has 1 aromatic carbocycles. The number of nitrogens with two attached hydrogens (primary N) is 1. The molecule has 0 spiro atoms. The van der Waals surface area contributed by atoms with Crippen LogP contribution >= 0.6 is 0 Å². The number of benzene rings is 1. The van der Waals surface area contributed by atoms with Crippen LogP contribution in [-0.2, 0) is 6.54 Å². The van der Waals surface area contributed by atoms with E-state index in [1.807, 2.05) is 0 Å². The van der Waals surface area contributed by atoms with E-state index in [1.54, 1.807) is 6.07 Å². The number of imidazole rings is 1. The number of rotatable bonds is 4. The largest absolute Gasteiger partial charge is 0.327 e. The summed E-state index contributed by atoms with van der Waals surface area (Å²) in [5.74, 6) is 0.955. The fraction of sp³-hybridized carbons (Fsp3) is 0.500. The first kappa shape index (κ1) is 13.0. The molecule has 4 heteroatoms. The minimum absolute atomic E-state index is 0.106. The molecule has 0 saturated carbocycles. The van der Waals surface area contributed by atoms with Crippen molar-refractivity contribution in [2.75, 3.05) is 0 Å². The minimum Gasteiger partial charge on any atom is -0.327 e. The molecule has 2 aromatic rings. The lowest BCUT2D eigenvalue weighted by Crippen LogP contribution is -2.22. The van der Waals surface area contributed by atoms with Gasteiger partial charge in [0.1, 0.15) is 11.6 Å². The topological polar surface area (TPSA) is 43.8 Å². The summed E-state index contributed by atoms with van der Waals surface area (Å²) in [6.45, 7) is 7.08. The lowest BCUT2D eigenvalue weighted by Gasteiger charge is -2.18. The Morgan fingerprint density at radius 2 is 2.11 bits per heavy atom. The van der Waals surface area contributed by atoms with E-state index in [-0.39, 0.29) is 11.9 Å². The van der Waals surface area contributed by atoms with Crippen LogP contribution in [0.2, 0.25) is 0 Å². The van der Waals surface area contributed by atoms with Crippen LogP contribution < -0.4 is 5.73 Å². The second-order valence-corrected chi connectivity index (χ2v) is 4.76. The molecule has 2 unspecified atom stereocenters. The minimum atomic E-state index is -0.257. The maximum atomic E-state index is 13.2. The number of nitrogens with zero attached hydrogens (tertiary/aromatic N) is 2. The molecule has 0 bridgehead atoms. The van der Waals surface area contributed by atoms with Gasteiger partial charge >= 0.3 is 0 Å². The number of aryl methyl sites for hydroxylation is 1. The van der Waals surface area contributed by atoms with Gasteiger partial charge in [-0.3, -0.25) is 0 Å². The van der Waals surface area contributed by atoms with Crippen LogP contribution in [0.1, 0.15) is 39.1 Å². The Kier molecular flexibility index (Phi) is 3.66. The van der Waals surface area contributed by atoms with Crippen molar-refractivity contribution in [3.63, 3.8) is 0 Å². The van der Waals surface area contributed by atoms with Crippen molar-refractivity contribution in [2.45, 2.75) is 39.8 Å². The first-order valence-electron chi connectivity index (χ1n) is 6.49. The molecule has 0 aliphatic carbocycles. The van der Waals surface area contributed by atoms with Crippen molar-refractivity contribution in [1.29, 1.82) is 0 Å². The summed E-state index contributed by atoms with van der Waals surface area (Å²) in [4.78, 5) is 4.51. The van der Waals surface area contributed by atoms with Gasteiger partial charge in [-0.15, -0.1) is 0 Å². The van der Waals surface area contributed by atoms with Gasteiger partial charge in [0.05, 0.1) is 17.1 Å². The quantitative estimate of drug-likeness (QED) is 0.904. The molecular formula is C14H20FN3. The number of hydrogen-bond donors (Lipinski definition) is 1. The fourth-order valence-electron chi connectivity index (χ4n) is 2.22. The van der Waals surface area contributed by atoms with Crippen LogP contribution in [0.5, 0.6) is 0 Å². The van der Waals surface area contributed by atoms with Gasteiger partial charge in [0.2, 0.25) is 0 Å². The van der Waals surface area contributed by atoms with Crippen molar-refractivity contribution in [3.05, 3.63) is 29.8 Å². The number of fused-ring (bicyclic) bond motifs is 1. The van der Waals surface area contributed by atoms with Crippen LogP contribution in [0, 0.1) is 11.7 Å². The SMILES string of the molecule is CCC(C)C(N)c1nc2cc(F)ccc2n1CC. The molecule has 3 nitrogen and oxygen atoms in total. The Morgan fingerprint density at radius 1 is 1.39 bits per heavy atom. The molecule has 0 radical (unpaired) electrons. The maximum absolute atomic E-state index is 13.2. The standard InChI is InChI=1S/C14H20FN3/c1-4-9(3)13(16)14-17-11-8-10(15)6-7-12(11)18(14)5-2/h6-9,13H,4-5,16H2,1-3H3. The van der Waals surface area contributed by atoms with Crippen molar-refractivity contribution in [3.8, 4) is 0 Å². The van der Waals surface area contributed by atoms with Gasteiger partial charge in [-0.05, 0) is 25.0 Å². The molecular weight excluding hydrogens is 229 g/mol. The number of hydrogen-bond acceptors (Lipinski definition) is 2. The first-order chi connectivity index (χ1) is 8.58. The molecule has 0 aliphatic heterocycles. The van der Waals surface area contributed by atoms with E-state index < -0.39 is 0 Å². The van der Waals surface area contributed by atoms with Gasteiger partial charge in [0.15, 0.2) is 0 Å². The van der Waals surface area contributed by atoms with E-state index >= 15 is 0 Å². The smallest absolute Gasteiger partial charge is 0.127 e. The van der Waals surface area contributed by atoms with E-state index in [0.717, 1.165) is 24.3 Å². The number of halogens is 1. The Bertz CT molecular complexity index is 547. The van der Waals surface area contributed by atoms with E-state index in [4.69, 9.17) is 5.73 Å². The third-order valence-electron chi connectivity index (χ3n) is 3.61. The Morgan fingerprint density at radius 3 is 2.72 bits per heavy atom.